The van der Waals surface area contributed by atoms with Crippen LogP contribution >= 0.6 is 0 Å². The molecule has 1 aromatic rings. The van der Waals surface area contributed by atoms with Gasteiger partial charge in [0.05, 0.1) is 30.3 Å². The van der Waals surface area contributed by atoms with E-state index in [2.05, 4.69) is 23.0 Å². The van der Waals surface area contributed by atoms with E-state index < -0.39 is 9.84 Å². The average Bonchev–Trinajstić information content (AvgIpc) is 3.08. The summed E-state index contributed by atoms with van der Waals surface area (Å²) in [6.45, 7) is 10.9. The summed E-state index contributed by atoms with van der Waals surface area (Å²) in [5.41, 5.74) is 0.901. The van der Waals surface area contributed by atoms with Crippen LogP contribution in [0, 0.1) is 5.92 Å². The Labute approximate surface area is 156 Å². The first-order valence-electron chi connectivity index (χ1n) is 9.36. The summed E-state index contributed by atoms with van der Waals surface area (Å²) in [6.07, 6.45) is 9.44. The number of hydrogen-bond donors (Lipinski definition) is 0. The fourth-order valence-electron chi connectivity index (χ4n) is 3.42. The smallest absolute Gasteiger partial charge is 0.227 e. The number of aromatic nitrogens is 2. The lowest BCUT2D eigenvalue weighted by molar-refractivity contribution is 0.0934. The normalized spacial score (nSPS) is 20.6. The van der Waals surface area contributed by atoms with E-state index in [1.54, 1.807) is 6.20 Å². The summed E-state index contributed by atoms with van der Waals surface area (Å²) in [6, 6.07) is 0. The highest BCUT2D eigenvalue weighted by Gasteiger charge is 2.33. The fourth-order valence-corrected chi connectivity index (χ4v) is 5.26. The van der Waals surface area contributed by atoms with Gasteiger partial charge in [0, 0.05) is 26.2 Å². The van der Waals surface area contributed by atoms with Crippen LogP contribution in [0.5, 0.6) is 0 Å². The number of imidazole rings is 1. The highest BCUT2D eigenvalue weighted by molar-refractivity contribution is 7.91. The second kappa shape index (κ2) is 8.50. The predicted molar refractivity (Wildman–Crippen MR) is 102 cm³/mol. The number of rotatable bonds is 11. The summed E-state index contributed by atoms with van der Waals surface area (Å²) in [7, 11) is -3.37. The third-order valence-electron chi connectivity index (χ3n) is 4.90. The standard InChI is InChI=1S/C19H29N3O3S/c1-3-9-21(10-4-2)13-17-12-20-19(26(23,24)15-16-7-8-16)22(17)14-18-6-5-11-25-18/h3-4,12,16,18H,1-2,5-11,13-15H2/t18-/m1/s1. The molecule has 0 N–H and O–H groups in total. The zero-order valence-electron chi connectivity index (χ0n) is 15.3. The van der Waals surface area contributed by atoms with Crippen LogP contribution in [0.4, 0.5) is 0 Å². The van der Waals surface area contributed by atoms with Crippen molar-refractivity contribution in [3.8, 4) is 0 Å². The largest absolute Gasteiger partial charge is 0.376 e. The lowest BCUT2D eigenvalue weighted by atomic mass is 10.2. The Bertz CT molecular complexity index is 721. The average molecular weight is 380 g/mol. The molecule has 0 amide bonds. The van der Waals surface area contributed by atoms with E-state index >= 15 is 0 Å². The summed E-state index contributed by atoms with van der Waals surface area (Å²) >= 11 is 0. The maximum Gasteiger partial charge on any atom is 0.227 e. The molecule has 2 fully saturated rings. The minimum Gasteiger partial charge on any atom is -0.376 e. The third kappa shape index (κ3) is 4.84. The molecule has 1 saturated heterocycles. The van der Waals surface area contributed by atoms with Gasteiger partial charge in [-0.2, -0.15) is 0 Å². The van der Waals surface area contributed by atoms with Crippen molar-refractivity contribution >= 4 is 9.84 Å². The van der Waals surface area contributed by atoms with Gasteiger partial charge in [-0.15, -0.1) is 13.2 Å². The first-order valence-corrected chi connectivity index (χ1v) is 11.0. The maximum absolute atomic E-state index is 12.9. The van der Waals surface area contributed by atoms with Crippen molar-refractivity contribution in [2.24, 2.45) is 5.92 Å². The predicted octanol–water partition coefficient (Wildman–Crippen LogP) is 2.42. The number of ether oxygens (including phenoxy) is 1. The molecule has 1 aromatic heterocycles. The molecule has 0 radical (unpaired) electrons. The molecule has 1 atom stereocenters. The SMILES string of the molecule is C=CCN(CC=C)Cc1cnc(S(=O)(=O)CC2CC2)n1C[C@H]1CCCO1. The van der Waals surface area contributed by atoms with E-state index in [9.17, 15) is 8.42 Å². The lowest BCUT2D eigenvalue weighted by Gasteiger charge is -2.21. The van der Waals surface area contributed by atoms with Gasteiger partial charge in [0.2, 0.25) is 15.0 Å². The monoisotopic (exact) mass is 379 g/mol. The molecule has 6 nitrogen and oxygen atoms in total. The molecule has 1 aliphatic heterocycles. The van der Waals surface area contributed by atoms with Crippen molar-refractivity contribution in [2.45, 2.75) is 50.0 Å². The maximum atomic E-state index is 12.9. The Kier molecular flexibility index (Phi) is 6.32. The van der Waals surface area contributed by atoms with Gasteiger partial charge < -0.3 is 9.30 Å². The Balaban J connectivity index is 1.86. The van der Waals surface area contributed by atoms with Crippen molar-refractivity contribution in [1.29, 1.82) is 0 Å². The molecule has 1 saturated carbocycles. The van der Waals surface area contributed by atoms with E-state index in [1.165, 1.54) is 0 Å². The Morgan fingerprint density at radius 1 is 1.27 bits per heavy atom. The Morgan fingerprint density at radius 3 is 2.58 bits per heavy atom. The fraction of sp³-hybridized carbons (Fsp3) is 0.632. The van der Waals surface area contributed by atoms with Crippen LogP contribution in [0.15, 0.2) is 36.7 Å². The first-order chi connectivity index (χ1) is 12.5. The van der Waals surface area contributed by atoms with Gasteiger partial charge in [0.25, 0.3) is 0 Å². The molecule has 144 valence electrons. The quantitative estimate of drug-likeness (QED) is 0.553. The molecular formula is C19H29N3O3S. The second-order valence-corrected chi connectivity index (χ2v) is 9.20. The van der Waals surface area contributed by atoms with Gasteiger partial charge in [-0.1, -0.05) is 12.2 Å². The molecule has 7 heteroatoms. The van der Waals surface area contributed by atoms with Gasteiger partial charge in [0.15, 0.2) is 0 Å². The third-order valence-corrected chi connectivity index (χ3v) is 6.69. The first kappa shape index (κ1) is 19.3. The topological polar surface area (TPSA) is 64.4 Å². The van der Waals surface area contributed by atoms with E-state index in [0.717, 1.165) is 38.0 Å². The summed E-state index contributed by atoms with van der Waals surface area (Å²) in [5.74, 6) is 0.507. The number of sulfone groups is 1. The van der Waals surface area contributed by atoms with Crippen molar-refractivity contribution in [3.05, 3.63) is 37.2 Å². The second-order valence-electron chi connectivity index (χ2n) is 7.27. The molecule has 3 rings (SSSR count). The van der Waals surface area contributed by atoms with Crippen molar-refractivity contribution < 1.29 is 13.2 Å². The molecule has 26 heavy (non-hydrogen) atoms. The zero-order chi connectivity index (χ0) is 18.6. The van der Waals surface area contributed by atoms with E-state index in [4.69, 9.17) is 4.74 Å². The Morgan fingerprint density at radius 2 is 2.00 bits per heavy atom. The number of nitrogens with zero attached hydrogens (tertiary/aromatic N) is 3. The molecule has 2 heterocycles. The molecule has 0 aromatic carbocycles. The van der Waals surface area contributed by atoms with Gasteiger partial charge in [-0.05, 0) is 31.6 Å². The van der Waals surface area contributed by atoms with E-state index in [-0.39, 0.29) is 17.0 Å². The van der Waals surface area contributed by atoms with E-state index in [1.807, 2.05) is 16.7 Å². The highest BCUT2D eigenvalue weighted by Crippen LogP contribution is 2.32. The molecule has 0 unspecified atom stereocenters. The Hall–Kier alpha value is -1.44. The van der Waals surface area contributed by atoms with Crippen molar-refractivity contribution in [1.82, 2.24) is 14.5 Å². The van der Waals surface area contributed by atoms with Crippen LogP contribution in [-0.4, -0.2) is 54.4 Å². The van der Waals surface area contributed by atoms with Crippen molar-refractivity contribution in [2.75, 3.05) is 25.4 Å². The van der Waals surface area contributed by atoms with Gasteiger partial charge in [0.1, 0.15) is 0 Å². The molecule has 1 aliphatic carbocycles. The minimum atomic E-state index is -3.37. The van der Waals surface area contributed by atoms with Crippen LogP contribution < -0.4 is 0 Å². The molecule has 0 bridgehead atoms. The summed E-state index contributed by atoms with van der Waals surface area (Å²) in [4.78, 5) is 6.48. The zero-order valence-corrected chi connectivity index (χ0v) is 16.2. The van der Waals surface area contributed by atoms with E-state index in [0.29, 0.717) is 32.1 Å². The van der Waals surface area contributed by atoms with Crippen LogP contribution in [0.25, 0.3) is 0 Å². The van der Waals surface area contributed by atoms with Gasteiger partial charge >= 0.3 is 0 Å². The molecule has 2 aliphatic rings. The van der Waals surface area contributed by atoms with Crippen LogP contribution in [0.2, 0.25) is 0 Å². The highest BCUT2D eigenvalue weighted by atomic mass is 32.2. The van der Waals surface area contributed by atoms with Gasteiger partial charge in [-0.3, -0.25) is 4.90 Å². The van der Waals surface area contributed by atoms with Crippen LogP contribution in [0.1, 0.15) is 31.4 Å². The van der Waals surface area contributed by atoms with Crippen LogP contribution in [0.3, 0.4) is 0 Å². The lowest BCUT2D eigenvalue weighted by Crippen LogP contribution is -2.27. The number of hydrogen-bond acceptors (Lipinski definition) is 5. The minimum absolute atomic E-state index is 0.0603. The summed E-state index contributed by atoms with van der Waals surface area (Å²) < 4.78 is 33.3. The van der Waals surface area contributed by atoms with Crippen LogP contribution in [-0.2, 0) is 27.7 Å². The van der Waals surface area contributed by atoms with Crippen molar-refractivity contribution in [3.63, 3.8) is 0 Å². The van der Waals surface area contributed by atoms with Gasteiger partial charge in [-0.25, -0.2) is 13.4 Å². The molecular weight excluding hydrogens is 350 g/mol. The summed E-state index contributed by atoms with van der Waals surface area (Å²) in [5, 5.41) is 0.201. The molecule has 0 spiro atoms.